The molecule has 7 heteroatoms. The Bertz CT molecular complexity index is 1240. The zero-order valence-corrected chi connectivity index (χ0v) is 19.4. The number of fused-ring (bicyclic) bond motifs is 1. The predicted octanol–water partition coefficient (Wildman–Crippen LogP) is 3.91. The summed E-state index contributed by atoms with van der Waals surface area (Å²) in [6, 6.07) is 20.3. The number of aliphatic imine (C=N–C) groups is 1. The van der Waals surface area contributed by atoms with Crippen LogP contribution in [0.25, 0.3) is 0 Å². The van der Waals surface area contributed by atoms with E-state index in [-0.39, 0.29) is 11.8 Å². The van der Waals surface area contributed by atoms with Crippen molar-refractivity contribution in [3.8, 4) is 11.5 Å². The number of benzene rings is 3. The number of rotatable bonds is 7. The minimum atomic E-state index is -0.770. The lowest BCUT2D eigenvalue weighted by Gasteiger charge is -2.16. The number of carbonyl (C=O) groups excluding carboxylic acids is 2. The second kappa shape index (κ2) is 10.2. The number of carbonyl (C=O) groups is 2. The maximum Gasteiger partial charge on any atom is 0.253 e. The third-order valence-electron chi connectivity index (χ3n) is 5.71. The summed E-state index contributed by atoms with van der Waals surface area (Å²) < 4.78 is 11.0. The number of anilines is 1. The number of nitrogens with zero attached hydrogens (tertiary/aromatic N) is 1. The van der Waals surface area contributed by atoms with Gasteiger partial charge in [0.15, 0.2) is 17.5 Å². The molecule has 34 heavy (non-hydrogen) atoms. The minimum Gasteiger partial charge on any atom is -0.493 e. The fourth-order valence-corrected chi connectivity index (χ4v) is 4.08. The van der Waals surface area contributed by atoms with E-state index in [4.69, 9.17) is 14.5 Å². The Balaban J connectivity index is 1.85. The van der Waals surface area contributed by atoms with Crippen LogP contribution in [-0.4, -0.2) is 38.3 Å². The Morgan fingerprint density at radius 1 is 1.00 bits per heavy atom. The summed E-state index contributed by atoms with van der Waals surface area (Å²) in [6.07, 6.45) is 0.588. The first-order chi connectivity index (χ1) is 16.5. The monoisotopic (exact) mass is 457 g/mol. The van der Waals surface area contributed by atoms with Crippen molar-refractivity contribution < 1.29 is 19.1 Å². The maximum atomic E-state index is 13.5. The van der Waals surface area contributed by atoms with Gasteiger partial charge in [-0.3, -0.25) is 14.6 Å². The molecule has 1 aliphatic rings. The van der Waals surface area contributed by atoms with E-state index in [1.54, 1.807) is 20.3 Å². The molecule has 7 nitrogen and oxygen atoms in total. The van der Waals surface area contributed by atoms with Gasteiger partial charge in [-0.1, -0.05) is 54.6 Å². The molecule has 3 aromatic rings. The lowest BCUT2D eigenvalue weighted by atomic mass is 9.97. The van der Waals surface area contributed by atoms with Crippen molar-refractivity contribution >= 4 is 23.2 Å². The zero-order chi connectivity index (χ0) is 24.1. The van der Waals surface area contributed by atoms with E-state index in [9.17, 15) is 9.59 Å². The van der Waals surface area contributed by atoms with Crippen LogP contribution >= 0.6 is 0 Å². The van der Waals surface area contributed by atoms with Gasteiger partial charge in [0.05, 0.1) is 25.6 Å². The number of amides is 2. The van der Waals surface area contributed by atoms with Crippen LogP contribution in [0.3, 0.4) is 0 Å². The molecular weight excluding hydrogens is 430 g/mol. The van der Waals surface area contributed by atoms with Gasteiger partial charge in [0.2, 0.25) is 5.91 Å². The van der Waals surface area contributed by atoms with E-state index in [2.05, 4.69) is 10.6 Å². The second-order valence-electron chi connectivity index (χ2n) is 7.92. The van der Waals surface area contributed by atoms with Crippen molar-refractivity contribution in [3.63, 3.8) is 0 Å². The zero-order valence-electron chi connectivity index (χ0n) is 19.4. The molecule has 0 bridgehead atoms. The average Bonchev–Trinajstić information content (AvgIpc) is 2.99. The van der Waals surface area contributed by atoms with Gasteiger partial charge in [-0.05, 0) is 23.6 Å². The van der Waals surface area contributed by atoms with E-state index in [0.29, 0.717) is 35.9 Å². The minimum absolute atomic E-state index is 0.0904. The van der Waals surface area contributed by atoms with Crippen molar-refractivity contribution in [3.05, 3.63) is 89.0 Å². The van der Waals surface area contributed by atoms with Crippen LogP contribution in [0.5, 0.6) is 11.5 Å². The number of nitrogens with one attached hydrogen (secondary N) is 2. The first-order valence-electron chi connectivity index (χ1n) is 11.0. The Morgan fingerprint density at radius 3 is 2.38 bits per heavy atom. The van der Waals surface area contributed by atoms with Crippen LogP contribution in [0, 0.1) is 0 Å². The maximum absolute atomic E-state index is 13.5. The average molecular weight is 458 g/mol. The second-order valence-corrected chi connectivity index (χ2v) is 7.92. The predicted molar refractivity (Wildman–Crippen MR) is 132 cm³/mol. The summed E-state index contributed by atoms with van der Waals surface area (Å²) in [7, 11) is 3.14. The molecule has 2 amide bonds. The smallest absolute Gasteiger partial charge is 0.253 e. The highest BCUT2D eigenvalue weighted by Crippen LogP contribution is 2.38. The molecule has 3 aromatic carbocycles. The van der Waals surface area contributed by atoms with E-state index in [0.717, 1.165) is 22.3 Å². The summed E-state index contributed by atoms with van der Waals surface area (Å²) in [4.78, 5) is 29.8. The van der Waals surface area contributed by atoms with E-state index >= 15 is 0 Å². The van der Waals surface area contributed by atoms with Gasteiger partial charge in [-0.2, -0.15) is 0 Å². The van der Waals surface area contributed by atoms with Crippen molar-refractivity contribution in [1.82, 2.24) is 5.32 Å². The molecular formula is C27H27N3O4. The van der Waals surface area contributed by atoms with Crippen LogP contribution in [-0.2, 0) is 16.0 Å². The Labute approximate surface area is 198 Å². The molecule has 0 fully saturated rings. The fraction of sp³-hybridized carbons (Fsp3) is 0.222. The number of methoxy groups -OCH3 is 2. The molecule has 0 aliphatic carbocycles. The molecule has 1 unspecified atom stereocenters. The largest absolute Gasteiger partial charge is 0.493 e. The molecule has 4 rings (SSSR count). The molecule has 0 spiro atoms. The first kappa shape index (κ1) is 23.0. The molecule has 0 aromatic heterocycles. The molecule has 1 heterocycles. The van der Waals surface area contributed by atoms with Gasteiger partial charge in [0.1, 0.15) is 0 Å². The van der Waals surface area contributed by atoms with Crippen LogP contribution in [0.1, 0.15) is 35.2 Å². The van der Waals surface area contributed by atoms with Crippen LogP contribution < -0.4 is 20.1 Å². The highest BCUT2D eigenvalue weighted by molar-refractivity contribution is 6.20. The summed E-state index contributed by atoms with van der Waals surface area (Å²) in [5.74, 6) is 0.732. The highest BCUT2D eigenvalue weighted by atomic mass is 16.5. The fourth-order valence-electron chi connectivity index (χ4n) is 4.08. The molecule has 2 N–H and O–H groups in total. The van der Waals surface area contributed by atoms with E-state index in [1.165, 1.54) is 6.92 Å². The quantitative estimate of drug-likeness (QED) is 0.563. The van der Waals surface area contributed by atoms with Crippen molar-refractivity contribution in [2.24, 2.45) is 4.99 Å². The van der Waals surface area contributed by atoms with Crippen LogP contribution in [0.4, 0.5) is 5.69 Å². The normalized spacial score (nSPS) is 14.9. The van der Waals surface area contributed by atoms with Gasteiger partial charge in [0.25, 0.3) is 5.91 Å². The summed E-state index contributed by atoms with van der Waals surface area (Å²) in [5, 5.41) is 5.86. The van der Waals surface area contributed by atoms with Crippen LogP contribution in [0.15, 0.2) is 71.7 Å². The number of benzodiazepines with no additional fused rings is 1. The number of ether oxygens (including phenoxy) is 2. The lowest BCUT2D eigenvalue weighted by Crippen LogP contribution is -2.24. The molecule has 0 saturated heterocycles. The van der Waals surface area contributed by atoms with Gasteiger partial charge in [-0.15, -0.1) is 0 Å². The first-order valence-corrected chi connectivity index (χ1v) is 11.0. The molecule has 1 atom stereocenters. The highest BCUT2D eigenvalue weighted by Gasteiger charge is 2.29. The van der Waals surface area contributed by atoms with E-state index < -0.39 is 6.04 Å². The van der Waals surface area contributed by atoms with Crippen molar-refractivity contribution in [1.29, 1.82) is 0 Å². The summed E-state index contributed by atoms with van der Waals surface area (Å²) in [6.45, 7) is 1.96. The van der Waals surface area contributed by atoms with E-state index in [1.807, 2.05) is 60.7 Å². The van der Waals surface area contributed by atoms with Gasteiger partial charge in [0, 0.05) is 30.7 Å². The van der Waals surface area contributed by atoms with Crippen molar-refractivity contribution in [2.75, 3.05) is 26.1 Å². The molecule has 0 saturated carbocycles. The Morgan fingerprint density at radius 2 is 1.68 bits per heavy atom. The molecule has 1 aliphatic heterocycles. The van der Waals surface area contributed by atoms with Crippen molar-refractivity contribution in [2.45, 2.75) is 19.4 Å². The topological polar surface area (TPSA) is 89.0 Å². The molecule has 0 radical (unpaired) electrons. The Hall–Kier alpha value is -4.13. The molecule has 174 valence electrons. The SMILES string of the molecule is COc1cc2c(cc1OC)C(c1ccccc1)=NC(c1ccccc1CCNC(C)=O)C(=O)N2. The number of hydrogen-bond donors (Lipinski definition) is 2. The van der Waals surface area contributed by atoms with Gasteiger partial charge in [-0.25, -0.2) is 0 Å². The third kappa shape index (κ3) is 4.78. The Kier molecular flexibility index (Phi) is 6.92. The van der Waals surface area contributed by atoms with Crippen LogP contribution in [0.2, 0.25) is 0 Å². The summed E-state index contributed by atoms with van der Waals surface area (Å²) in [5.41, 5.74) is 4.66. The standard InChI is InChI=1S/C27H27N3O4/c1-17(31)28-14-13-18-9-7-8-12-20(18)26-27(32)29-22-16-24(34-3)23(33-2)15-21(22)25(30-26)19-10-5-4-6-11-19/h4-12,15-16,26H,13-14H2,1-3H3,(H,28,31)(H,29,32). The lowest BCUT2D eigenvalue weighted by molar-refractivity contribution is -0.119. The van der Waals surface area contributed by atoms with Gasteiger partial charge >= 0.3 is 0 Å². The number of hydrogen-bond acceptors (Lipinski definition) is 5. The summed E-state index contributed by atoms with van der Waals surface area (Å²) >= 11 is 0. The third-order valence-corrected chi connectivity index (χ3v) is 5.71. The van der Waals surface area contributed by atoms with Gasteiger partial charge < -0.3 is 20.1 Å².